The average molecular weight is 507 g/mol. The number of carbonyl (C=O) groups is 3. The Balaban J connectivity index is 1.30. The molecule has 13 heteroatoms. The molecule has 4 heterocycles. The number of hydrogen-bond donors (Lipinski definition) is 3. The smallest absolute Gasteiger partial charge is 0.408 e. The third kappa shape index (κ3) is 4.80. The summed E-state index contributed by atoms with van der Waals surface area (Å²) in [7, 11) is 3.56. The Hall–Kier alpha value is -4.52. The van der Waals surface area contributed by atoms with E-state index in [4.69, 9.17) is 4.42 Å². The van der Waals surface area contributed by atoms with Crippen molar-refractivity contribution in [3.8, 4) is 0 Å². The maximum Gasteiger partial charge on any atom is 0.419 e. The Bertz CT molecular complexity index is 1580. The maximum atomic E-state index is 13.0. The summed E-state index contributed by atoms with van der Waals surface area (Å²) in [6, 6.07) is 7.34. The minimum Gasteiger partial charge on any atom is -0.408 e. The second-order valence-electron chi connectivity index (χ2n) is 9.16. The van der Waals surface area contributed by atoms with E-state index in [-0.39, 0.29) is 29.9 Å². The first-order valence-corrected chi connectivity index (χ1v) is 11.7. The van der Waals surface area contributed by atoms with Gasteiger partial charge in [-0.1, -0.05) is 6.07 Å². The van der Waals surface area contributed by atoms with Crippen molar-refractivity contribution in [1.82, 2.24) is 40.0 Å². The summed E-state index contributed by atoms with van der Waals surface area (Å²) in [4.78, 5) is 56.5. The van der Waals surface area contributed by atoms with Gasteiger partial charge in [0.1, 0.15) is 17.4 Å². The molecule has 5 rings (SSSR count). The lowest BCUT2D eigenvalue weighted by Crippen LogP contribution is -2.60. The standard InChI is InChI=1S/C24H26N8O5/c1-13(21(33)28-15-11-30(2)12-15)27-23(35)18-9-16(29-20-6-7-26-32(18)20)22(34)25-10-14-4-5-19-17(8-14)31(3)24(36)37-19/h4-9,13,15H,10-12H2,1-3H3,(H,25,34)(H,27,35)(H,28,33)/t13-/m0/s1. The van der Waals surface area contributed by atoms with Crippen LogP contribution in [0.4, 0.5) is 0 Å². The highest BCUT2D eigenvalue weighted by Gasteiger charge is 2.27. The minimum atomic E-state index is -0.789. The van der Waals surface area contributed by atoms with Crippen LogP contribution < -0.4 is 21.7 Å². The fourth-order valence-electron chi connectivity index (χ4n) is 4.20. The number of amides is 3. The number of oxazole rings is 1. The van der Waals surface area contributed by atoms with E-state index in [1.807, 2.05) is 7.05 Å². The van der Waals surface area contributed by atoms with Gasteiger partial charge in [-0.2, -0.15) is 5.10 Å². The summed E-state index contributed by atoms with van der Waals surface area (Å²) >= 11 is 0. The van der Waals surface area contributed by atoms with E-state index in [1.54, 1.807) is 38.2 Å². The molecule has 1 atom stereocenters. The zero-order valence-corrected chi connectivity index (χ0v) is 20.5. The molecule has 0 bridgehead atoms. The molecule has 3 N–H and O–H groups in total. The van der Waals surface area contributed by atoms with Crippen LogP contribution in [0.2, 0.25) is 0 Å². The molecule has 0 spiro atoms. The topological polar surface area (TPSA) is 156 Å². The van der Waals surface area contributed by atoms with Crippen molar-refractivity contribution in [2.24, 2.45) is 7.05 Å². The molecule has 192 valence electrons. The maximum absolute atomic E-state index is 13.0. The lowest BCUT2D eigenvalue weighted by Gasteiger charge is -2.37. The highest BCUT2D eigenvalue weighted by Crippen LogP contribution is 2.15. The van der Waals surface area contributed by atoms with E-state index in [9.17, 15) is 19.2 Å². The lowest BCUT2D eigenvalue weighted by molar-refractivity contribution is -0.124. The summed E-state index contributed by atoms with van der Waals surface area (Å²) in [5, 5.41) is 12.5. The number of carbonyl (C=O) groups excluding carboxylic acids is 3. The number of likely N-dealkylation sites (N-methyl/N-ethyl adjacent to an activating group) is 1. The summed E-state index contributed by atoms with van der Waals surface area (Å²) in [6.07, 6.45) is 1.47. The Morgan fingerprint density at radius 1 is 1.14 bits per heavy atom. The van der Waals surface area contributed by atoms with Crippen molar-refractivity contribution in [3.63, 3.8) is 0 Å². The van der Waals surface area contributed by atoms with Crippen LogP contribution >= 0.6 is 0 Å². The summed E-state index contributed by atoms with van der Waals surface area (Å²) in [6.45, 7) is 3.28. The van der Waals surface area contributed by atoms with Gasteiger partial charge < -0.3 is 25.3 Å². The van der Waals surface area contributed by atoms with E-state index >= 15 is 0 Å². The molecule has 0 aliphatic carbocycles. The van der Waals surface area contributed by atoms with Crippen molar-refractivity contribution in [2.45, 2.75) is 25.6 Å². The van der Waals surface area contributed by atoms with Gasteiger partial charge in [-0.15, -0.1) is 0 Å². The summed E-state index contributed by atoms with van der Waals surface area (Å²) in [5.41, 5.74) is 2.20. The molecule has 37 heavy (non-hydrogen) atoms. The number of aryl methyl sites for hydroxylation is 1. The number of nitrogens with zero attached hydrogens (tertiary/aromatic N) is 5. The van der Waals surface area contributed by atoms with Gasteiger partial charge in [0.15, 0.2) is 11.2 Å². The van der Waals surface area contributed by atoms with Gasteiger partial charge in [-0.25, -0.2) is 14.3 Å². The van der Waals surface area contributed by atoms with Crippen LogP contribution in [0.1, 0.15) is 33.5 Å². The molecule has 13 nitrogen and oxygen atoms in total. The van der Waals surface area contributed by atoms with Crippen LogP contribution in [-0.4, -0.2) is 74.0 Å². The van der Waals surface area contributed by atoms with Crippen molar-refractivity contribution in [2.75, 3.05) is 20.1 Å². The van der Waals surface area contributed by atoms with Crippen molar-refractivity contribution in [3.05, 3.63) is 64.0 Å². The first kappa shape index (κ1) is 24.2. The predicted octanol–water partition coefficient (Wildman–Crippen LogP) is -0.347. The Morgan fingerprint density at radius 3 is 2.68 bits per heavy atom. The summed E-state index contributed by atoms with van der Waals surface area (Å²) in [5.74, 6) is -1.83. The van der Waals surface area contributed by atoms with Crippen LogP contribution in [-0.2, 0) is 18.4 Å². The van der Waals surface area contributed by atoms with Crippen molar-refractivity contribution < 1.29 is 18.8 Å². The van der Waals surface area contributed by atoms with Crippen LogP contribution in [0.25, 0.3) is 16.7 Å². The van der Waals surface area contributed by atoms with E-state index in [0.717, 1.165) is 18.7 Å². The Morgan fingerprint density at radius 2 is 1.92 bits per heavy atom. The molecule has 4 aromatic rings. The molecule has 1 aromatic carbocycles. The SMILES string of the molecule is C[C@H](NC(=O)c1cc(C(=O)NCc2ccc3oc(=O)n(C)c3c2)nc2ccnn12)C(=O)NC1CN(C)C1. The van der Waals surface area contributed by atoms with Gasteiger partial charge in [0.2, 0.25) is 5.91 Å². The first-order chi connectivity index (χ1) is 17.7. The third-order valence-corrected chi connectivity index (χ3v) is 6.28. The molecule has 1 aliphatic heterocycles. The van der Waals surface area contributed by atoms with E-state index in [2.05, 4.69) is 30.9 Å². The fraction of sp³-hybridized carbons (Fsp3) is 0.333. The van der Waals surface area contributed by atoms with Gasteiger partial charge >= 0.3 is 5.76 Å². The molecule has 0 radical (unpaired) electrons. The molecule has 1 aliphatic rings. The van der Waals surface area contributed by atoms with Crippen LogP contribution in [0.5, 0.6) is 0 Å². The lowest BCUT2D eigenvalue weighted by atomic mass is 10.1. The summed E-state index contributed by atoms with van der Waals surface area (Å²) < 4.78 is 7.82. The first-order valence-electron chi connectivity index (χ1n) is 11.7. The number of rotatable bonds is 7. The largest absolute Gasteiger partial charge is 0.419 e. The van der Waals surface area contributed by atoms with Crippen LogP contribution in [0.15, 0.2) is 45.7 Å². The van der Waals surface area contributed by atoms with Crippen molar-refractivity contribution >= 4 is 34.5 Å². The number of benzene rings is 1. The monoisotopic (exact) mass is 506 g/mol. The quantitative estimate of drug-likeness (QED) is 0.307. The van der Waals surface area contributed by atoms with E-state index < -0.39 is 23.6 Å². The fourth-order valence-corrected chi connectivity index (χ4v) is 4.20. The highest BCUT2D eigenvalue weighted by molar-refractivity contribution is 6.00. The van der Waals surface area contributed by atoms with Crippen molar-refractivity contribution in [1.29, 1.82) is 0 Å². The van der Waals surface area contributed by atoms with Crippen LogP contribution in [0, 0.1) is 0 Å². The second kappa shape index (κ2) is 9.50. The molecule has 3 aromatic heterocycles. The second-order valence-corrected chi connectivity index (χ2v) is 9.16. The Labute approximate surface area is 210 Å². The number of likely N-dealkylation sites (tertiary alicyclic amines) is 1. The predicted molar refractivity (Wildman–Crippen MR) is 132 cm³/mol. The number of nitrogens with one attached hydrogen (secondary N) is 3. The molecule has 1 fully saturated rings. The van der Waals surface area contributed by atoms with Gasteiger partial charge in [0.05, 0.1) is 17.8 Å². The molecular weight excluding hydrogens is 480 g/mol. The van der Waals surface area contributed by atoms with Gasteiger partial charge in [-0.3, -0.25) is 19.0 Å². The zero-order chi connectivity index (χ0) is 26.3. The zero-order valence-electron chi connectivity index (χ0n) is 20.5. The van der Waals surface area contributed by atoms with Gasteiger partial charge in [0, 0.05) is 38.8 Å². The molecular formula is C24H26N8O5. The highest BCUT2D eigenvalue weighted by atomic mass is 16.4. The van der Waals surface area contributed by atoms with E-state index in [1.165, 1.54) is 21.3 Å². The van der Waals surface area contributed by atoms with Gasteiger partial charge in [0.25, 0.3) is 11.8 Å². The van der Waals surface area contributed by atoms with Crippen LogP contribution in [0.3, 0.4) is 0 Å². The number of hydrogen-bond acceptors (Lipinski definition) is 8. The molecule has 1 saturated heterocycles. The molecule has 0 unspecified atom stereocenters. The minimum absolute atomic E-state index is 0.0181. The van der Waals surface area contributed by atoms with Gasteiger partial charge in [-0.05, 0) is 31.7 Å². The normalized spacial score (nSPS) is 14.9. The number of fused-ring (bicyclic) bond motifs is 2. The van der Waals surface area contributed by atoms with E-state index in [0.29, 0.717) is 16.7 Å². The molecule has 0 saturated carbocycles. The average Bonchev–Trinajstić information content (AvgIpc) is 3.44. The third-order valence-electron chi connectivity index (χ3n) is 6.28. The molecule has 3 amide bonds. The number of aromatic nitrogens is 4. The Kier molecular flexibility index (Phi) is 6.21.